The van der Waals surface area contributed by atoms with Gasteiger partial charge in [-0.3, -0.25) is 0 Å². The molecule has 0 spiro atoms. The van der Waals surface area contributed by atoms with Gasteiger partial charge in [-0.05, 0) is 98.6 Å². The first-order valence-corrected chi connectivity index (χ1v) is 18.7. The molecular formula is C52H37NO. The second kappa shape index (κ2) is 13.6. The molecule has 0 saturated carbocycles. The summed E-state index contributed by atoms with van der Waals surface area (Å²) in [6.45, 7) is 0. The number of furan rings is 1. The van der Waals surface area contributed by atoms with Crippen LogP contribution < -0.4 is 4.90 Å². The largest absolute Gasteiger partial charge is 0.460 e. The molecule has 9 aromatic rings. The van der Waals surface area contributed by atoms with E-state index in [1.807, 2.05) is 0 Å². The van der Waals surface area contributed by atoms with Crippen molar-refractivity contribution in [2.45, 2.75) is 12.3 Å². The maximum absolute atomic E-state index is 6.82. The molecule has 0 amide bonds. The summed E-state index contributed by atoms with van der Waals surface area (Å²) >= 11 is 0. The van der Waals surface area contributed by atoms with Crippen LogP contribution in [0.4, 0.5) is 17.1 Å². The Morgan fingerprint density at radius 3 is 1.70 bits per heavy atom. The summed E-state index contributed by atoms with van der Waals surface area (Å²) in [5, 5.41) is 3.59. The number of hydrogen-bond acceptors (Lipinski definition) is 2. The number of benzene rings is 8. The van der Waals surface area contributed by atoms with Crippen molar-refractivity contribution in [1.82, 2.24) is 0 Å². The predicted octanol–water partition coefficient (Wildman–Crippen LogP) is 14.6. The molecule has 2 heteroatoms. The molecular weight excluding hydrogens is 655 g/mol. The van der Waals surface area contributed by atoms with E-state index in [0.717, 1.165) is 34.8 Å². The average molecular weight is 692 g/mol. The molecule has 2 nitrogen and oxygen atoms in total. The number of nitrogens with zero attached hydrogens (tertiary/aromatic N) is 1. The summed E-state index contributed by atoms with van der Waals surface area (Å²) in [6, 6.07) is 69.8. The Morgan fingerprint density at radius 1 is 0.444 bits per heavy atom. The van der Waals surface area contributed by atoms with Gasteiger partial charge in [0.15, 0.2) is 0 Å². The lowest BCUT2D eigenvalue weighted by Gasteiger charge is -2.31. The average Bonchev–Trinajstić information content (AvgIpc) is 3.62. The highest BCUT2D eigenvalue weighted by Gasteiger charge is 2.29. The Kier molecular flexibility index (Phi) is 8.00. The molecule has 256 valence electrons. The lowest BCUT2D eigenvalue weighted by atomic mass is 9.85. The SMILES string of the molecule is C1=Cc2c(oc3cc4ccccc4cc23)C(c2ccccc2N(c2ccc(-c3ccc(-c4ccccc4)cc3)cc2)c2cccc(-c3ccccc3)c2)C1. The number of anilines is 3. The van der Waals surface area contributed by atoms with Crippen LogP contribution in [0.2, 0.25) is 0 Å². The number of allylic oxidation sites excluding steroid dienone is 1. The monoisotopic (exact) mass is 691 g/mol. The summed E-state index contributed by atoms with van der Waals surface area (Å²) in [6.07, 6.45) is 5.42. The Hall–Kier alpha value is -6.90. The lowest BCUT2D eigenvalue weighted by molar-refractivity contribution is 0.517. The maximum Gasteiger partial charge on any atom is 0.135 e. The number of fused-ring (bicyclic) bond motifs is 4. The van der Waals surface area contributed by atoms with Crippen LogP contribution in [-0.4, -0.2) is 0 Å². The molecule has 0 fully saturated rings. The quantitative estimate of drug-likeness (QED) is 0.165. The van der Waals surface area contributed by atoms with E-state index >= 15 is 0 Å². The fourth-order valence-corrected chi connectivity index (χ4v) is 8.11. The first kappa shape index (κ1) is 31.8. The molecule has 1 unspecified atom stereocenters. The molecule has 0 radical (unpaired) electrons. The Morgan fingerprint density at radius 2 is 1.00 bits per heavy atom. The molecule has 8 aromatic carbocycles. The molecule has 1 aromatic heterocycles. The summed E-state index contributed by atoms with van der Waals surface area (Å²) in [4.78, 5) is 2.42. The fourth-order valence-electron chi connectivity index (χ4n) is 8.11. The fraction of sp³-hybridized carbons (Fsp3) is 0.0385. The van der Waals surface area contributed by atoms with Crippen molar-refractivity contribution < 1.29 is 4.42 Å². The number of rotatable bonds is 7. The third-order valence-electron chi connectivity index (χ3n) is 10.8. The Balaban J connectivity index is 1.08. The minimum absolute atomic E-state index is 0.0546. The van der Waals surface area contributed by atoms with Gasteiger partial charge in [-0.2, -0.15) is 0 Å². The van der Waals surface area contributed by atoms with E-state index in [4.69, 9.17) is 4.42 Å². The molecule has 1 heterocycles. The summed E-state index contributed by atoms with van der Waals surface area (Å²) < 4.78 is 6.82. The molecule has 1 aliphatic rings. The highest BCUT2D eigenvalue weighted by atomic mass is 16.3. The van der Waals surface area contributed by atoms with Gasteiger partial charge in [-0.1, -0.05) is 164 Å². The smallest absolute Gasteiger partial charge is 0.135 e. The number of hydrogen-bond donors (Lipinski definition) is 0. The second-order valence-corrected chi connectivity index (χ2v) is 14.1. The summed E-state index contributed by atoms with van der Waals surface area (Å²) in [7, 11) is 0. The van der Waals surface area contributed by atoms with Crippen LogP contribution >= 0.6 is 0 Å². The standard InChI is InChI=1S/C52H37NO/c1-3-13-36(14-4-1)38-25-27-39(28-26-38)40-29-31-44(32-30-40)53(45-20-11-19-41(33-45)37-15-5-2-6-16-37)50-24-10-9-21-46(50)47-22-12-23-48-49-34-42-17-7-8-18-43(42)35-51(49)54-52(47)48/h1-21,23-35,47H,22H2. The van der Waals surface area contributed by atoms with Crippen molar-refractivity contribution in [3.05, 3.63) is 217 Å². The third kappa shape index (κ3) is 5.79. The van der Waals surface area contributed by atoms with Crippen molar-refractivity contribution in [1.29, 1.82) is 0 Å². The Bertz CT molecular complexity index is 2780. The first-order chi connectivity index (χ1) is 26.8. The van der Waals surface area contributed by atoms with Crippen LogP contribution in [0, 0.1) is 0 Å². The van der Waals surface area contributed by atoms with Crippen LogP contribution in [0.25, 0.3) is 61.2 Å². The predicted molar refractivity (Wildman–Crippen MR) is 227 cm³/mol. The van der Waals surface area contributed by atoms with Crippen LogP contribution in [0.15, 0.2) is 205 Å². The van der Waals surface area contributed by atoms with Gasteiger partial charge in [0.1, 0.15) is 11.3 Å². The topological polar surface area (TPSA) is 16.4 Å². The zero-order valence-corrected chi connectivity index (χ0v) is 29.8. The zero-order valence-electron chi connectivity index (χ0n) is 29.8. The van der Waals surface area contributed by atoms with Gasteiger partial charge in [0.2, 0.25) is 0 Å². The summed E-state index contributed by atoms with van der Waals surface area (Å²) in [5.74, 6) is 1.08. The Labute approximate surface area is 315 Å². The van der Waals surface area contributed by atoms with Gasteiger partial charge in [0.25, 0.3) is 0 Å². The second-order valence-electron chi connectivity index (χ2n) is 14.1. The van der Waals surface area contributed by atoms with Crippen molar-refractivity contribution in [3.63, 3.8) is 0 Å². The summed E-state index contributed by atoms with van der Waals surface area (Å²) in [5.41, 5.74) is 13.9. The van der Waals surface area contributed by atoms with E-state index in [-0.39, 0.29) is 5.92 Å². The van der Waals surface area contributed by atoms with Crippen LogP contribution in [0.3, 0.4) is 0 Å². The van der Waals surface area contributed by atoms with Crippen molar-refractivity contribution in [2.24, 2.45) is 0 Å². The highest BCUT2D eigenvalue weighted by molar-refractivity contribution is 6.00. The normalized spacial score (nSPS) is 13.6. The molecule has 1 atom stereocenters. The van der Waals surface area contributed by atoms with E-state index in [0.29, 0.717) is 0 Å². The molecule has 0 aliphatic heterocycles. The maximum atomic E-state index is 6.82. The van der Waals surface area contributed by atoms with Crippen molar-refractivity contribution in [2.75, 3.05) is 4.90 Å². The minimum atomic E-state index is 0.0546. The van der Waals surface area contributed by atoms with Crippen LogP contribution in [0.5, 0.6) is 0 Å². The van der Waals surface area contributed by atoms with Crippen LogP contribution in [0.1, 0.15) is 29.2 Å². The molecule has 0 saturated heterocycles. The van der Waals surface area contributed by atoms with Crippen molar-refractivity contribution in [3.8, 4) is 33.4 Å². The van der Waals surface area contributed by atoms with Gasteiger partial charge in [-0.15, -0.1) is 0 Å². The zero-order chi connectivity index (χ0) is 35.8. The van der Waals surface area contributed by atoms with Gasteiger partial charge in [0.05, 0.1) is 5.69 Å². The van der Waals surface area contributed by atoms with E-state index in [9.17, 15) is 0 Å². The molecule has 54 heavy (non-hydrogen) atoms. The third-order valence-corrected chi connectivity index (χ3v) is 10.8. The van der Waals surface area contributed by atoms with E-state index in [1.165, 1.54) is 60.7 Å². The van der Waals surface area contributed by atoms with E-state index in [2.05, 4.69) is 211 Å². The molecule has 10 rings (SSSR count). The minimum Gasteiger partial charge on any atom is -0.460 e. The van der Waals surface area contributed by atoms with Crippen LogP contribution in [-0.2, 0) is 0 Å². The number of para-hydroxylation sites is 1. The molecule has 0 N–H and O–H groups in total. The molecule has 1 aliphatic carbocycles. The van der Waals surface area contributed by atoms with Gasteiger partial charge in [0, 0.05) is 28.2 Å². The van der Waals surface area contributed by atoms with Gasteiger partial charge in [-0.25, -0.2) is 0 Å². The highest BCUT2D eigenvalue weighted by Crippen LogP contribution is 2.47. The van der Waals surface area contributed by atoms with Crippen molar-refractivity contribution >= 4 is 44.9 Å². The lowest BCUT2D eigenvalue weighted by Crippen LogP contribution is -2.15. The van der Waals surface area contributed by atoms with E-state index in [1.54, 1.807) is 0 Å². The van der Waals surface area contributed by atoms with E-state index < -0.39 is 0 Å². The first-order valence-electron chi connectivity index (χ1n) is 18.7. The molecule has 0 bridgehead atoms. The van der Waals surface area contributed by atoms with Gasteiger partial charge < -0.3 is 9.32 Å². The van der Waals surface area contributed by atoms with Gasteiger partial charge >= 0.3 is 0 Å².